The molecule has 0 saturated heterocycles. The van der Waals surface area contributed by atoms with Gasteiger partial charge in [0.05, 0.1) is 22.9 Å². The van der Waals surface area contributed by atoms with Gasteiger partial charge in [-0.3, -0.25) is 14.5 Å². The van der Waals surface area contributed by atoms with E-state index in [9.17, 15) is 18.3 Å². The number of aliphatic hydroxyl groups excluding tert-OH is 1. The van der Waals surface area contributed by atoms with Gasteiger partial charge in [0.1, 0.15) is 4.90 Å². The topological polar surface area (TPSA) is 108 Å². The second-order valence-electron chi connectivity index (χ2n) is 8.07. The second kappa shape index (κ2) is 8.72. The maximum atomic E-state index is 13.2. The lowest BCUT2D eigenvalue weighted by atomic mass is 10.1. The van der Waals surface area contributed by atoms with Gasteiger partial charge < -0.3 is 10.4 Å². The van der Waals surface area contributed by atoms with Crippen LogP contribution in [0.3, 0.4) is 0 Å². The second-order valence-corrected chi connectivity index (χ2v) is 10.1. The third-order valence-electron chi connectivity index (χ3n) is 5.90. The van der Waals surface area contributed by atoms with Crippen molar-refractivity contribution in [2.45, 2.75) is 23.5 Å². The number of benzene rings is 3. The SMILES string of the molecule is O=C(N[C@@H]1c2ccccc2C[C@@H]1O)c1ccc(Cl)c(S(=O)(=O)Nc2cccc3cnccc23)c1. The number of nitrogens with one attached hydrogen (secondary N) is 2. The molecule has 3 aromatic carbocycles. The van der Waals surface area contributed by atoms with Crippen LogP contribution in [0, 0.1) is 0 Å². The number of amides is 1. The number of hydrogen-bond donors (Lipinski definition) is 3. The average molecular weight is 494 g/mol. The van der Waals surface area contributed by atoms with Crippen LogP contribution in [-0.4, -0.2) is 30.5 Å². The van der Waals surface area contributed by atoms with Gasteiger partial charge in [0.2, 0.25) is 0 Å². The largest absolute Gasteiger partial charge is 0.390 e. The first-order valence-electron chi connectivity index (χ1n) is 10.6. The Kier molecular flexibility index (Phi) is 5.73. The summed E-state index contributed by atoms with van der Waals surface area (Å²) in [5, 5.41) is 14.7. The molecule has 1 aliphatic rings. The van der Waals surface area contributed by atoms with E-state index >= 15 is 0 Å². The van der Waals surface area contributed by atoms with Gasteiger partial charge in [-0.2, -0.15) is 0 Å². The maximum absolute atomic E-state index is 13.2. The highest BCUT2D eigenvalue weighted by Gasteiger charge is 2.32. The summed E-state index contributed by atoms with van der Waals surface area (Å²) in [4.78, 5) is 16.8. The molecule has 172 valence electrons. The smallest absolute Gasteiger partial charge is 0.263 e. The van der Waals surface area contributed by atoms with Crippen LogP contribution in [-0.2, 0) is 16.4 Å². The summed E-state index contributed by atoms with van der Waals surface area (Å²) < 4.78 is 29.0. The third-order valence-corrected chi connectivity index (χ3v) is 7.75. The molecule has 0 spiro atoms. The standard InChI is InChI=1S/C25H20ClN3O4S/c26-20-9-8-16(25(31)28-24-19-6-2-1-4-15(19)12-22(24)30)13-23(20)34(32,33)29-21-7-3-5-17-14-27-11-10-18(17)21/h1-11,13-14,22,24,29-30H,12H2,(H,28,31)/t22-,24+/m0/s1. The number of hydrogen-bond acceptors (Lipinski definition) is 5. The molecule has 2 atom stereocenters. The first kappa shape index (κ1) is 22.3. The molecule has 1 aromatic heterocycles. The van der Waals surface area contributed by atoms with Gasteiger partial charge in [-0.05, 0) is 41.5 Å². The van der Waals surface area contributed by atoms with E-state index in [1.54, 1.807) is 30.6 Å². The van der Waals surface area contributed by atoms with E-state index in [1.165, 1.54) is 18.2 Å². The van der Waals surface area contributed by atoms with Gasteiger partial charge in [0.15, 0.2) is 0 Å². The summed E-state index contributed by atoms with van der Waals surface area (Å²) in [6.45, 7) is 0. The quantitative estimate of drug-likeness (QED) is 0.388. The van der Waals surface area contributed by atoms with Crippen LogP contribution in [0.1, 0.15) is 27.5 Å². The number of fused-ring (bicyclic) bond motifs is 2. The molecular formula is C25H20ClN3O4S. The van der Waals surface area contributed by atoms with Crippen molar-refractivity contribution in [3.05, 3.63) is 101 Å². The zero-order valence-corrected chi connectivity index (χ0v) is 19.3. The van der Waals surface area contributed by atoms with Crippen molar-refractivity contribution in [1.82, 2.24) is 10.3 Å². The molecule has 34 heavy (non-hydrogen) atoms. The van der Waals surface area contributed by atoms with Crippen LogP contribution in [0.2, 0.25) is 5.02 Å². The zero-order chi connectivity index (χ0) is 23.9. The molecular weight excluding hydrogens is 474 g/mol. The number of nitrogens with zero attached hydrogens (tertiary/aromatic N) is 1. The summed E-state index contributed by atoms with van der Waals surface area (Å²) in [5.41, 5.74) is 2.30. The van der Waals surface area contributed by atoms with Crippen LogP contribution in [0.4, 0.5) is 5.69 Å². The Morgan fingerprint density at radius 3 is 2.74 bits per heavy atom. The molecule has 7 nitrogen and oxygen atoms in total. The van der Waals surface area contributed by atoms with Gasteiger partial charge in [-0.25, -0.2) is 8.42 Å². The predicted octanol–water partition coefficient (Wildman–Crippen LogP) is 4.08. The molecule has 4 aromatic rings. The van der Waals surface area contributed by atoms with Gasteiger partial charge in [-0.1, -0.05) is 48.0 Å². The number of carbonyl (C=O) groups is 1. The molecule has 0 unspecified atom stereocenters. The lowest BCUT2D eigenvalue weighted by molar-refractivity contribution is 0.0858. The molecule has 3 N–H and O–H groups in total. The first-order chi connectivity index (χ1) is 16.3. The number of pyridine rings is 1. The number of anilines is 1. The molecule has 9 heteroatoms. The van der Waals surface area contributed by atoms with Crippen LogP contribution in [0.25, 0.3) is 10.8 Å². The number of halogens is 1. The molecule has 1 heterocycles. The Bertz CT molecular complexity index is 1520. The maximum Gasteiger partial charge on any atom is 0.263 e. The van der Waals surface area contributed by atoms with E-state index in [2.05, 4.69) is 15.0 Å². The molecule has 0 aliphatic heterocycles. The minimum atomic E-state index is -4.11. The van der Waals surface area contributed by atoms with Gasteiger partial charge in [0.25, 0.3) is 15.9 Å². The van der Waals surface area contributed by atoms with Crippen LogP contribution >= 0.6 is 11.6 Å². The Morgan fingerprint density at radius 1 is 1.06 bits per heavy atom. The van der Waals surface area contributed by atoms with E-state index in [0.29, 0.717) is 17.5 Å². The minimum Gasteiger partial charge on any atom is -0.390 e. The van der Waals surface area contributed by atoms with Crippen LogP contribution in [0.15, 0.2) is 84.0 Å². The molecule has 0 saturated carbocycles. The summed E-state index contributed by atoms with van der Waals surface area (Å²) in [6, 6.07) is 17.9. The van der Waals surface area contributed by atoms with E-state index in [-0.39, 0.29) is 15.5 Å². The molecule has 0 fully saturated rings. The van der Waals surface area contributed by atoms with Crippen molar-refractivity contribution in [3.8, 4) is 0 Å². The average Bonchev–Trinajstić information content (AvgIpc) is 3.14. The normalized spacial score (nSPS) is 17.4. The van der Waals surface area contributed by atoms with Gasteiger partial charge >= 0.3 is 0 Å². The lowest BCUT2D eigenvalue weighted by Gasteiger charge is -2.18. The lowest BCUT2D eigenvalue weighted by Crippen LogP contribution is -2.34. The highest BCUT2D eigenvalue weighted by Crippen LogP contribution is 2.32. The molecule has 0 bridgehead atoms. The fourth-order valence-corrected chi connectivity index (χ4v) is 5.84. The molecule has 0 radical (unpaired) electrons. The zero-order valence-electron chi connectivity index (χ0n) is 17.8. The fourth-order valence-electron chi connectivity index (χ4n) is 4.23. The molecule has 1 aliphatic carbocycles. The van der Waals surface area contributed by atoms with E-state index in [4.69, 9.17) is 11.6 Å². The van der Waals surface area contributed by atoms with Gasteiger partial charge in [0, 0.05) is 35.2 Å². The first-order valence-corrected chi connectivity index (χ1v) is 12.4. The third kappa shape index (κ3) is 4.11. The van der Waals surface area contributed by atoms with E-state index < -0.39 is 28.1 Å². The van der Waals surface area contributed by atoms with Crippen molar-refractivity contribution in [1.29, 1.82) is 0 Å². The number of aromatic nitrogens is 1. The van der Waals surface area contributed by atoms with Crippen molar-refractivity contribution in [3.63, 3.8) is 0 Å². The monoisotopic (exact) mass is 493 g/mol. The number of carbonyl (C=O) groups excluding carboxylic acids is 1. The van der Waals surface area contributed by atoms with Crippen LogP contribution in [0.5, 0.6) is 0 Å². The summed E-state index contributed by atoms with van der Waals surface area (Å²) in [5.74, 6) is -0.509. The Balaban J connectivity index is 1.44. The number of sulfonamides is 1. The van der Waals surface area contributed by atoms with Crippen molar-refractivity contribution in [2.24, 2.45) is 0 Å². The minimum absolute atomic E-state index is 0.0165. The Labute approximate surface area is 201 Å². The van der Waals surface area contributed by atoms with Crippen molar-refractivity contribution < 1.29 is 18.3 Å². The summed E-state index contributed by atoms with van der Waals surface area (Å²) in [6.07, 6.45) is 2.89. The van der Waals surface area contributed by atoms with Crippen LogP contribution < -0.4 is 10.0 Å². The molecule has 5 rings (SSSR count). The van der Waals surface area contributed by atoms with E-state index in [1.807, 2.05) is 30.3 Å². The van der Waals surface area contributed by atoms with Crippen molar-refractivity contribution in [2.75, 3.05) is 4.72 Å². The Morgan fingerprint density at radius 2 is 1.88 bits per heavy atom. The highest BCUT2D eigenvalue weighted by atomic mass is 35.5. The van der Waals surface area contributed by atoms with E-state index in [0.717, 1.165) is 16.5 Å². The predicted molar refractivity (Wildman–Crippen MR) is 130 cm³/mol. The highest BCUT2D eigenvalue weighted by molar-refractivity contribution is 7.92. The number of rotatable bonds is 5. The Hall–Kier alpha value is -3.46. The summed E-state index contributed by atoms with van der Waals surface area (Å²) in [7, 11) is -4.11. The summed E-state index contributed by atoms with van der Waals surface area (Å²) >= 11 is 6.23. The molecule has 1 amide bonds. The van der Waals surface area contributed by atoms with Crippen molar-refractivity contribution >= 4 is 44.0 Å². The van der Waals surface area contributed by atoms with Gasteiger partial charge in [-0.15, -0.1) is 0 Å². The number of aliphatic hydroxyl groups is 1. The fraction of sp³-hybridized carbons (Fsp3) is 0.120.